The third-order valence-electron chi connectivity index (χ3n) is 2.83. The highest BCUT2D eigenvalue weighted by Crippen LogP contribution is 2.19. The van der Waals surface area contributed by atoms with Gasteiger partial charge in [0.05, 0.1) is 6.20 Å². The van der Waals surface area contributed by atoms with Crippen LogP contribution in [-0.2, 0) is 0 Å². The Morgan fingerprint density at radius 3 is 2.89 bits per heavy atom. The first-order valence-corrected chi connectivity index (χ1v) is 6.55. The fourth-order valence-electron chi connectivity index (χ4n) is 1.95. The summed E-state index contributed by atoms with van der Waals surface area (Å²) < 4.78 is 2.02. The fraction of sp³-hybridized carbons (Fsp3) is 0.538. The van der Waals surface area contributed by atoms with E-state index in [2.05, 4.69) is 41.1 Å². The molecule has 0 unspecified atom stereocenters. The SMILES string of the molecule is CCCNc1cn2ccnc2c(N(C)CCC)n1. The zero-order chi connectivity index (χ0) is 13.0. The number of aromatic nitrogens is 3. The Labute approximate surface area is 108 Å². The monoisotopic (exact) mass is 247 g/mol. The van der Waals surface area contributed by atoms with Crippen LogP contribution in [0, 0.1) is 0 Å². The van der Waals surface area contributed by atoms with E-state index in [0.717, 1.165) is 43.2 Å². The fourth-order valence-corrected chi connectivity index (χ4v) is 1.95. The van der Waals surface area contributed by atoms with Crippen molar-refractivity contribution in [2.24, 2.45) is 0 Å². The molecular formula is C13H21N5. The Morgan fingerprint density at radius 2 is 2.17 bits per heavy atom. The van der Waals surface area contributed by atoms with Gasteiger partial charge in [0.2, 0.25) is 0 Å². The van der Waals surface area contributed by atoms with Gasteiger partial charge in [-0.15, -0.1) is 0 Å². The third kappa shape index (κ3) is 2.55. The zero-order valence-electron chi connectivity index (χ0n) is 11.3. The van der Waals surface area contributed by atoms with E-state index in [0.29, 0.717) is 0 Å². The first-order chi connectivity index (χ1) is 8.76. The summed E-state index contributed by atoms with van der Waals surface area (Å²) in [5, 5.41) is 3.33. The smallest absolute Gasteiger partial charge is 0.180 e. The van der Waals surface area contributed by atoms with E-state index >= 15 is 0 Å². The molecule has 0 amide bonds. The van der Waals surface area contributed by atoms with Gasteiger partial charge in [0, 0.05) is 32.5 Å². The normalized spacial score (nSPS) is 10.8. The number of nitrogens with zero attached hydrogens (tertiary/aromatic N) is 4. The molecule has 0 aromatic carbocycles. The van der Waals surface area contributed by atoms with Crippen molar-refractivity contribution in [3.63, 3.8) is 0 Å². The van der Waals surface area contributed by atoms with Crippen molar-refractivity contribution in [1.29, 1.82) is 0 Å². The molecule has 0 fully saturated rings. The molecule has 0 aliphatic carbocycles. The highest BCUT2D eigenvalue weighted by atomic mass is 15.2. The van der Waals surface area contributed by atoms with Crippen LogP contribution >= 0.6 is 0 Å². The summed E-state index contributed by atoms with van der Waals surface area (Å²) in [6.07, 6.45) is 7.93. The van der Waals surface area contributed by atoms with Crippen molar-refractivity contribution < 1.29 is 0 Å². The lowest BCUT2D eigenvalue weighted by molar-refractivity contribution is 0.834. The van der Waals surface area contributed by atoms with E-state index < -0.39 is 0 Å². The molecule has 0 bridgehead atoms. The molecule has 2 heterocycles. The van der Waals surface area contributed by atoms with Crippen LogP contribution in [0.2, 0.25) is 0 Å². The Bertz CT molecular complexity index is 505. The van der Waals surface area contributed by atoms with Crippen LogP contribution in [0.5, 0.6) is 0 Å². The quantitative estimate of drug-likeness (QED) is 0.851. The van der Waals surface area contributed by atoms with Crippen LogP contribution in [0.3, 0.4) is 0 Å². The van der Waals surface area contributed by atoms with Gasteiger partial charge in [-0.2, -0.15) is 0 Å². The molecule has 5 heteroatoms. The average molecular weight is 247 g/mol. The molecule has 2 aromatic rings. The first kappa shape index (κ1) is 12.7. The number of anilines is 2. The van der Waals surface area contributed by atoms with E-state index in [1.807, 2.05) is 23.0 Å². The standard InChI is InChI=1S/C13H21N5/c1-4-6-14-11-10-18-9-7-15-12(18)13(16-11)17(3)8-5-2/h7,9-10,14H,4-6,8H2,1-3H3. The van der Waals surface area contributed by atoms with Gasteiger partial charge in [-0.05, 0) is 12.8 Å². The number of imidazole rings is 1. The number of rotatable bonds is 6. The molecule has 0 saturated carbocycles. The molecule has 18 heavy (non-hydrogen) atoms. The maximum atomic E-state index is 4.66. The molecule has 0 saturated heterocycles. The summed E-state index contributed by atoms with van der Waals surface area (Å²) in [4.78, 5) is 11.2. The second-order valence-electron chi connectivity index (χ2n) is 4.46. The molecule has 0 aliphatic rings. The summed E-state index contributed by atoms with van der Waals surface area (Å²) >= 11 is 0. The highest BCUT2D eigenvalue weighted by molar-refractivity contribution is 5.66. The molecule has 0 spiro atoms. The van der Waals surface area contributed by atoms with Crippen molar-refractivity contribution in [3.8, 4) is 0 Å². The zero-order valence-corrected chi connectivity index (χ0v) is 11.3. The minimum Gasteiger partial charge on any atom is -0.369 e. The number of fused-ring (bicyclic) bond motifs is 1. The Balaban J connectivity index is 2.38. The number of hydrogen-bond donors (Lipinski definition) is 1. The van der Waals surface area contributed by atoms with Crippen LogP contribution in [0.4, 0.5) is 11.6 Å². The minimum absolute atomic E-state index is 0.903. The van der Waals surface area contributed by atoms with Crippen LogP contribution < -0.4 is 10.2 Å². The lowest BCUT2D eigenvalue weighted by Gasteiger charge is -2.19. The molecule has 0 radical (unpaired) electrons. The van der Waals surface area contributed by atoms with Crippen LogP contribution in [-0.4, -0.2) is 34.5 Å². The lowest BCUT2D eigenvalue weighted by Crippen LogP contribution is -2.21. The predicted molar refractivity (Wildman–Crippen MR) is 75.3 cm³/mol. The lowest BCUT2D eigenvalue weighted by atomic mass is 10.4. The molecular weight excluding hydrogens is 226 g/mol. The molecule has 2 rings (SSSR count). The van der Waals surface area contributed by atoms with Crippen LogP contribution in [0.1, 0.15) is 26.7 Å². The van der Waals surface area contributed by atoms with Gasteiger partial charge >= 0.3 is 0 Å². The predicted octanol–water partition coefficient (Wildman–Crippen LogP) is 2.40. The van der Waals surface area contributed by atoms with Crippen molar-refractivity contribution in [2.75, 3.05) is 30.4 Å². The Hall–Kier alpha value is -1.78. The van der Waals surface area contributed by atoms with Gasteiger partial charge in [-0.1, -0.05) is 13.8 Å². The second kappa shape index (κ2) is 5.71. The summed E-state index contributed by atoms with van der Waals surface area (Å²) in [6, 6.07) is 0. The number of hydrogen-bond acceptors (Lipinski definition) is 4. The highest BCUT2D eigenvalue weighted by Gasteiger charge is 2.10. The topological polar surface area (TPSA) is 45.5 Å². The summed E-state index contributed by atoms with van der Waals surface area (Å²) in [5.41, 5.74) is 0.910. The molecule has 0 aliphatic heterocycles. The largest absolute Gasteiger partial charge is 0.369 e. The maximum absolute atomic E-state index is 4.66. The molecule has 1 N–H and O–H groups in total. The summed E-state index contributed by atoms with van der Waals surface area (Å²) in [5.74, 6) is 1.84. The van der Waals surface area contributed by atoms with Crippen molar-refractivity contribution in [3.05, 3.63) is 18.6 Å². The van der Waals surface area contributed by atoms with Crippen molar-refractivity contribution in [2.45, 2.75) is 26.7 Å². The van der Waals surface area contributed by atoms with Gasteiger partial charge in [0.25, 0.3) is 0 Å². The Morgan fingerprint density at radius 1 is 1.33 bits per heavy atom. The van der Waals surface area contributed by atoms with E-state index in [1.54, 1.807) is 0 Å². The molecule has 2 aromatic heterocycles. The van der Waals surface area contributed by atoms with Crippen LogP contribution in [0.15, 0.2) is 18.6 Å². The third-order valence-corrected chi connectivity index (χ3v) is 2.83. The van der Waals surface area contributed by atoms with E-state index in [4.69, 9.17) is 0 Å². The van der Waals surface area contributed by atoms with Gasteiger partial charge in [-0.3, -0.25) is 0 Å². The van der Waals surface area contributed by atoms with Crippen LogP contribution in [0.25, 0.3) is 5.65 Å². The summed E-state index contributed by atoms with van der Waals surface area (Å²) in [7, 11) is 2.06. The second-order valence-corrected chi connectivity index (χ2v) is 4.46. The van der Waals surface area contributed by atoms with Crippen molar-refractivity contribution >= 4 is 17.3 Å². The first-order valence-electron chi connectivity index (χ1n) is 6.55. The van der Waals surface area contributed by atoms with Gasteiger partial charge in [0.15, 0.2) is 11.5 Å². The molecule has 0 atom stereocenters. The van der Waals surface area contributed by atoms with Crippen molar-refractivity contribution in [1.82, 2.24) is 14.4 Å². The van der Waals surface area contributed by atoms with E-state index in [9.17, 15) is 0 Å². The summed E-state index contributed by atoms with van der Waals surface area (Å²) in [6.45, 7) is 6.22. The number of nitrogens with one attached hydrogen (secondary N) is 1. The minimum atomic E-state index is 0.903. The van der Waals surface area contributed by atoms with Gasteiger partial charge in [-0.25, -0.2) is 9.97 Å². The van der Waals surface area contributed by atoms with E-state index in [-0.39, 0.29) is 0 Å². The molecule has 98 valence electrons. The Kier molecular flexibility index (Phi) is 4.02. The molecule has 5 nitrogen and oxygen atoms in total. The average Bonchev–Trinajstić information content (AvgIpc) is 2.83. The van der Waals surface area contributed by atoms with Gasteiger partial charge in [0.1, 0.15) is 5.82 Å². The van der Waals surface area contributed by atoms with E-state index in [1.165, 1.54) is 0 Å². The van der Waals surface area contributed by atoms with Gasteiger partial charge < -0.3 is 14.6 Å². The maximum Gasteiger partial charge on any atom is 0.180 e.